The highest BCUT2D eigenvalue weighted by Crippen LogP contribution is 2.26. The van der Waals surface area contributed by atoms with E-state index >= 15 is 0 Å². The van der Waals surface area contributed by atoms with Crippen LogP contribution in [0.25, 0.3) is 0 Å². The quantitative estimate of drug-likeness (QED) is 0.801. The number of aryl methyl sites for hydroxylation is 1. The molecule has 1 aromatic carbocycles. The number of nitrogen functional groups attached to an aromatic ring is 1. The van der Waals surface area contributed by atoms with E-state index < -0.39 is 5.91 Å². The summed E-state index contributed by atoms with van der Waals surface area (Å²) < 4.78 is 1.01. The van der Waals surface area contributed by atoms with E-state index in [1.165, 1.54) is 6.07 Å². The van der Waals surface area contributed by atoms with Crippen molar-refractivity contribution >= 4 is 39.0 Å². The van der Waals surface area contributed by atoms with Crippen molar-refractivity contribution in [3.8, 4) is 0 Å². The Hall–Kier alpha value is -2.08. The third-order valence-corrected chi connectivity index (χ3v) is 3.37. The second-order valence-corrected chi connectivity index (χ2v) is 5.19. The summed E-state index contributed by atoms with van der Waals surface area (Å²) in [5.74, 6) is -0.155. The molecule has 2 aromatic rings. The standard InChI is InChI=1S/C14H15BrN4O/c1-2-8-7-9(15)3-5-11(8)18-14-10(16)4-6-12(19-14)13(17)20/h3-7H,2,16H2,1H3,(H2,17,20)(H,18,19). The number of hydrogen-bond acceptors (Lipinski definition) is 4. The molecule has 1 amide bonds. The topological polar surface area (TPSA) is 94.0 Å². The molecule has 0 atom stereocenters. The van der Waals surface area contributed by atoms with Crippen molar-refractivity contribution in [2.24, 2.45) is 5.73 Å². The van der Waals surface area contributed by atoms with Gasteiger partial charge >= 0.3 is 0 Å². The van der Waals surface area contributed by atoms with Crippen LogP contribution in [0, 0.1) is 0 Å². The van der Waals surface area contributed by atoms with Crippen LogP contribution in [0.1, 0.15) is 23.0 Å². The summed E-state index contributed by atoms with van der Waals surface area (Å²) in [5, 5.41) is 3.15. The Morgan fingerprint density at radius 1 is 1.35 bits per heavy atom. The van der Waals surface area contributed by atoms with Crippen LogP contribution in [-0.4, -0.2) is 10.9 Å². The fourth-order valence-corrected chi connectivity index (χ4v) is 2.22. The minimum Gasteiger partial charge on any atom is -0.396 e. The van der Waals surface area contributed by atoms with Crippen LogP contribution in [0.5, 0.6) is 0 Å². The number of carbonyl (C=O) groups excluding carboxylic acids is 1. The predicted octanol–water partition coefficient (Wildman–Crippen LogP) is 2.83. The number of carbonyl (C=O) groups is 1. The third kappa shape index (κ3) is 3.08. The Bertz CT molecular complexity index is 658. The van der Waals surface area contributed by atoms with Crippen LogP contribution in [0.3, 0.4) is 0 Å². The van der Waals surface area contributed by atoms with Crippen molar-refractivity contribution in [1.29, 1.82) is 0 Å². The number of anilines is 3. The number of nitrogens with zero attached hydrogens (tertiary/aromatic N) is 1. The zero-order valence-electron chi connectivity index (χ0n) is 11.0. The van der Waals surface area contributed by atoms with Gasteiger partial charge in [-0.25, -0.2) is 4.98 Å². The number of benzene rings is 1. The molecule has 0 unspecified atom stereocenters. The van der Waals surface area contributed by atoms with Gasteiger partial charge in [-0.2, -0.15) is 0 Å². The van der Waals surface area contributed by atoms with Gasteiger partial charge in [-0.3, -0.25) is 4.79 Å². The number of nitrogens with one attached hydrogen (secondary N) is 1. The number of primary amides is 1. The fraction of sp³-hybridized carbons (Fsp3) is 0.143. The average Bonchev–Trinajstić information content (AvgIpc) is 2.42. The molecule has 0 aliphatic heterocycles. The minimum absolute atomic E-state index is 0.178. The zero-order valence-corrected chi connectivity index (χ0v) is 12.6. The molecule has 2 rings (SSSR count). The summed E-state index contributed by atoms with van der Waals surface area (Å²) >= 11 is 3.44. The first-order valence-electron chi connectivity index (χ1n) is 6.13. The lowest BCUT2D eigenvalue weighted by atomic mass is 10.1. The van der Waals surface area contributed by atoms with Crippen molar-refractivity contribution in [1.82, 2.24) is 4.98 Å². The van der Waals surface area contributed by atoms with Crippen molar-refractivity contribution < 1.29 is 4.79 Å². The molecule has 0 aliphatic carbocycles. The average molecular weight is 335 g/mol. The van der Waals surface area contributed by atoms with Crippen LogP contribution in [0.15, 0.2) is 34.8 Å². The van der Waals surface area contributed by atoms with Gasteiger partial charge in [-0.15, -0.1) is 0 Å². The number of aromatic nitrogens is 1. The van der Waals surface area contributed by atoms with Crippen molar-refractivity contribution in [2.45, 2.75) is 13.3 Å². The van der Waals surface area contributed by atoms with Gasteiger partial charge < -0.3 is 16.8 Å². The lowest BCUT2D eigenvalue weighted by Crippen LogP contribution is -2.14. The summed E-state index contributed by atoms with van der Waals surface area (Å²) in [5.41, 5.74) is 13.7. The first kappa shape index (κ1) is 14.3. The van der Waals surface area contributed by atoms with E-state index in [-0.39, 0.29) is 5.69 Å². The summed E-state index contributed by atoms with van der Waals surface area (Å²) in [6.45, 7) is 2.06. The molecular weight excluding hydrogens is 320 g/mol. The molecule has 0 aliphatic rings. The summed E-state index contributed by atoms with van der Waals surface area (Å²) in [6, 6.07) is 9.00. The van der Waals surface area contributed by atoms with E-state index in [4.69, 9.17) is 11.5 Å². The molecule has 0 saturated heterocycles. The number of amides is 1. The lowest BCUT2D eigenvalue weighted by molar-refractivity contribution is 0.0996. The SMILES string of the molecule is CCc1cc(Br)ccc1Nc1nc(C(N)=O)ccc1N. The fourth-order valence-electron chi connectivity index (χ4n) is 1.81. The maximum absolute atomic E-state index is 11.2. The van der Waals surface area contributed by atoms with Gasteiger partial charge in [-0.1, -0.05) is 22.9 Å². The van der Waals surface area contributed by atoms with E-state index in [2.05, 4.69) is 33.2 Å². The van der Waals surface area contributed by atoms with Gasteiger partial charge in [0.05, 0.1) is 5.69 Å². The first-order valence-corrected chi connectivity index (χ1v) is 6.92. The van der Waals surface area contributed by atoms with Crippen LogP contribution in [0.2, 0.25) is 0 Å². The Morgan fingerprint density at radius 2 is 2.10 bits per heavy atom. The summed E-state index contributed by atoms with van der Waals surface area (Å²) in [4.78, 5) is 15.3. The molecule has 0 saturated carbocycles. The molecule has 1 aromatic heterocycles. The monoisotopic (exact) mass is 334 g/mol. The Kier molecular flexibility index (Phi) is 4.24. The van der Waals surface area contributed by atoms with Crippen LogP contribution in [0.4, 0.5) is 17.2 Å². The summed E-state index contributed by atoms with van der Waals surface area (Å²) in [7, 11) is 0. The highest BCUT2D eigenvalue weighted by atomic mass is 79.9. The Morgan fingerprint density at radius 3 is 2.75 bits per heavy atom. The second-order valence-electron chi connectivity index (χ2n) is 4.28. The van der Waals surface area contributed by atoms with E-state index in [0.29, 0.717) is 11.5 Å². The summed E-state index contributed by atoms with van der Waals surface area (Å²) in [6.07, 6.45) is 0.858. The lowest BCUT2D eigenvalue weighted by Gasteiger charge is -2.13. The van der Waals surface area contributed by atoms with Crippen LogP contribution in [-0.2, 0) is 6.42 Å². The number of pyridine rings is 1. The molecule has 0 spiro atoms. The number of hydrogen-bond donors (Lipinski definition) is 3. The van der Waals surface area contributed by atoms with Gasteiger partial charge in [0.15, 0.2) is 5.82 Å². The smallest absolute Gasteiger partial charge is 0.267 e. The first-order chi connectivity index (χ1) is 9.51. The molecule has 1 heterocycles. The Labute approximate surface area is 125 Å². The van der Waals surface area contributed by atoms with E-state index in [1.807, 2.05) is 18.2 Å². The Balaban J connectivity index is 2.39. The molecule has 0 radical (unpaired) electrons. The van der Waals surface area contributed by atoms with Gasteiger partial charge in [0, 0.05) is 10.2 Å². The maximum Gasteiger partial charge on any atom is 0.267 e. The van der Waals surface area contributed by atoms with Crippen LogP contribution < -0.4 is 16.8 Å². The largest absolute Gasteiger partial charge is 0.396 e. The molecule has 5 nitrogen and oxygen atoms in total. The van der Waals surface area contributed by atoms with E-state index in [1.54, 1.807) is 6.07 Å². The highest BCUT2D eigenvalue weighted by Gasteiger charge is 2.09. The number of halogens is 1. The van der Waals surface area contributed by atoms with Gasteiger partial charge in [0.2, 0.25) is 0 Å². The number of rotatable bonds is 4. The number of nitrogens with two attached hydrogens (primary N) is 2. The highest BCUT2D eigenvalue weighted by molar-refractivity contribution is 9.10. The van der Waals surface area contributed by atoms with Crippen molar-refractivity contribution in [3.05, 3.63) is 46.1 Å². The third-order valence-electron chi connectivity index (χ3n) is 2.88. The van der Waals surface area contributed by atoms with Gasteiger partial charge in [0.1, 0.15) is 5.69 Å². The normalized spacial score (nSPS) is 10.3. The molecule has 0 fully saturated rings. The van der Waals surface area contributed by atoms with Gasteiger partial charge in [0.25, 0.3) is 5.91 Å². The van der Waals surface area contributed by atoms with E-state index in [9.17, 15) is 4.79 Å². The predicted molar refractivity (Wildman–Crippen MR) is 84.0 cm³/mol. The van der Waals surface area contributed by atoms with E-state index in [0.717, 1.165) is 22.1 Å². The molecule has 104 valence electrons. The molecule has 0 bridgehead atoms. The van der Waals surface area contributed by atoms with Gasteiger partial charge in [-0.05, 0) is 42.3 Å². The zero-order chi connectivity index (χ0) is 14.7. The minimum atomic E-state index is -0.584. The molecular formula is C14H15BrN4O. The molecule has 5 N–H and O–H groups in total. The maximum atomic E-state index is 11.2. The van der Waals surface area contributed by atoms with Crippen molar-refractivity contribution in [3.63, 3.8) is 0 Å². The molecule has 6 heteroatoms. The van der Waals surface area contributed by atoms with Crippen LogP contribution >= 0.6 is 15.9 Å². The molecule has 20 heavy (non-hydrogen) atoms. The second kappa shape index (κ2) is 5.92. The van der Waals surface area contributed by atoms with Crippen molar-refractivity contribution in [2.75, 3.05) is 11.1 Å².